The van der Waals surface area contributed by atoms with Gasteiger partial charge in [-0.3, -0.25) is 0 Å². The molecule has 0 spiro atoms. The van der Waals surface area contributed by atoms with Crippen LogP contribution in [0, 0.1) is 6.85 Å². The molecule has 114 valence electrons. The quantitative estimate of drug-likeness (QED) is 0.868. The number of rotatable bonds is 1. The van der Waals surface area contributed by atoms with Crippen LogP contribution < -0.4 is 15.2 Å². The fourth-order valence-corrected chi connectivity index (χ4v) is 3.34. The van der Waals surface area contributed by atoms with Gasteiger partial charge in [0.1, 0.15) is 10.5 Å². The van der Waals surface area contributed by atoms with Crippen molar-refractivity contribution in [3.8, 4) is 0 Å². The van der Waals surface area contributed by atoms with E-state index in [0.29, 0.717) is 24.1 Å². The molecule has 1 aromatic carbocycles. The first-order valence-corrected chi connectivity index (χ1v) is 7.86. The standard InChI is InChI=1S/C17H20N4S/c1-12-11-13-16(21-9-7-20(2)8-10-21)18-14-5-3-4-6-15(14)19-17(13)22-12/h3-6,11,18H,7-10H2,1-2H3/i1D3,3D,4D,5D,6D,11D. The number of anilines is 1. The van der Waals surface area contributed by atoms with Crippen LogP contribution in [0.2, 0.25) is 0 Å². The summed E-state index contributed by atoms with van der Waals surface area (Å²) in [7, 11) is 2.00. The monoisotopic (exact) mass is 320 g/mol. The van der Waals surface area contributed by atoms with Gasteiger partial charge >= 0.3 is 0 Å². The first kappa shape index (κ1) is 7.62. The molecule has 0 unspecified atom stereocenters. The molecule has 4 rings (SSSR count). The molecule has 1 aromatic heterocycles. The van der Waals surface area contributed by atoms with Crippen molar-refractivity contribution in [3.63, 3.8) is 0 Å². The number of nitrogens with one attached hydrogen (secondary N) is 1. The largest absolute Gasteiger partial charge is 0.355 e. The third-order valence-electron chi connectivity index (χ3n) is 3.83. The minimum Gasteiger partial charge on any atom is -0.355 e. The van der Waals surface area contributed by atoms with E-state index in [0.717, 1.165) is 24.4 Å². The number of aryl methyl sites for hydroxylation is 1. The highest BCUT2D eigenvalue weighted by atomic mass is 32.1. The molecule has 0 radical (unpaired) electrons. The maximum absolute atomic E-state index is 8.57. The number of benzene rings is 1. The van der Waals surface area contributed by atoms with E-state index in [1.54, 1.807) is 0 Å². The molecule has 5 heteroatoms. The molecule has 2 aliphatic heterocycles. The number of hydrogen-bond acceptors (Lipinski definition) is 5. The second-order valence-electron chi connectivity index (χ2n) is 5.34. The highest BCUT2D eigenvalue weighted by Crippen LogP contribution is 2.27. The number of hydrogen-bond donors (Lipinski definition) is 1. The molecule has 0 saturated carbocycles. The SMILES string of the molecule is [2H]c1c([2H])c([2H])c2c(c1[2H])N=c1sc(C([2H])([2H])[2H])c([2H])c1=C(N1CCN(C)CC1)N2. The van der Waals surface area contributed by atoms with E-state index in [1.165, 1.54) is 0 Å². The lowest BCUT2D eigenvalue weighted by molar-refractivity contribution is 0.206. The van der Waals surface area contributed by atoms with Gasteiger partial charge in [0.05, 0.1) is 23.4 Å². The summed E-state index contributed by atoms with van der Waals surface area (Å²) in [6.45, 7) is 0.298. The van der Waals surface area contributed by atoms with Gasteiger partial charge in [0.15, 0.2) is 0 Å². The number of para-hydroxylation sites is 2. The Morgan fingerprint density at radius 1 is 1.27 bits per heavy atom. The molecule has 3 heterocycles. The maximum atomic E-state index is 8.57. The highest BCUT2D eigenvalue weighted by Gasteiger charge is 2.20. The van der Waals surface area contributed by atoms with E-state index in [4.69, 9.17) is 11.0 Å². The second kappa shape index (κ2) is 5.41. The molecular weight excluding hydrogens is 292 g/mol. The van der Waals surface area contributed by atoms with E-state index in [1.807, 2.05) is 11.9 Å². The number of thiophene rings is 1. The molecule has 0 amide bonds. The Morgan fingerprint density at radius 2 is 2.09 bits per heavy atom. The summed E-state index contributed by atoms with van der Waals surface area (Å²) in [5.41, 5.74) is 0.151. The average Bonchev–Trinajstić information content (AvgIpc) is 2.91. The highest BCUT2D eigenvalue weighted by molar-refractivity contribution is 7.09. The van der Waals surface area contributed by atoms with Crippen LogP contribution in [-0.4, -0.2) is 43.0 Å². The minimum absolute atomic E-state index is 0.0183. The molecule has 0 bridgehead atoms. The molecule has 0 aliphatic carbocycles. The summed E-state index contributed by atoms with van der Waals surface area (Å²) in [5, 5.41) is 3.43. The van der Waals surface area contributed by atoms with Crippen LogP contribution in [0.4, 0.5) is 11.4 Å². The van der Waals surface area contributed by atoms with Crippen molar-refractivity contribution in [3.05, 3.63) is 45.0 Å². The fourth-order valence-electron chi connectivity index (χ4n) is 2.61. The Balaban J connectivity index is 2.06. The Labute approximate surface area is 145 Å². The summed E-state index contributed by atoms with van der Waals surface area (Å²) in [6.07, 6.45) is 0. The van der Waals surface area contributed by atoms with Gasteiger partial charge in [-0.2, -0.15) is 0 Å². The predicted octanol–water partition coefficient (Wildman–Crippen LogP) is 1.75. The van der Waals surface area contributed by atoms with Gasteiger partial charge in [0.2, 0.25) is 0 Å². The number of fused-ring (bicyclic) bond motifs is 2. The first-order valence-electron chi connectivity index (χ1n) is 11.0. The van der Waals surface area contributed by atoms with Crippen LogP contribution in [0.25, 0.3) is 5.82 Å². The van der Waals surface area contributed by atoms with E-state index >= 15 is 0 Å². The van der Waals surface area contributed by atoms with E-state index in [9.17, 15) is 0 Å². The normalized spacial score (nSPS) is 23.9. The lowest BCUT2D eigenvalue weighted by Crippen LogP contribution is -2.47. The molecule has 0 atom stereocenters. The number of likely N-dealkylation sites (N-methyl/N-ethyl adjacent to an activating group) is 1. The van der Waals surface area contributed by atoms with Crippen LogP contribution in [0.3, 0.4) is 0 Å². The molecular formula is C17H20N4S. The zero-order valence-electron chi connectivity index (χ0n) is 20.1. The van der Waals surface area contributed by atoms with Gasteiger partial charge in [0.25, 0.3) is 0 Å². The van der Waals surface area contributed by atoms with E-state index < -0.39 is 12.9 Å². The van der Waals surface area contributed by atoms with Crippen LogP contribution >= 0.6 is 11.3 Å². The van der Waals surface area contributed by atoms with E-state index in [2.05, 4.69) is 15.2 Å². The summed E-state index contributed by atoms with van der Waals surface area (Å²) in [5.74, 6) is 0.461. The van der Waals surface area contributed by atoms with Gasteiger partial charge in [-0.1, -0.05) is 12.1 Å². The van der Waals surface area contributed by atoms with E-state index in [-0.39, 0.29) is 45.1 Å². The van der Waals surface area contributed by atoms with Crippen molar-refractivity contribution >= 4 is 28.5 Å². The lowest BCUT2D eigenvalue weighted by Gasteiger charge is -2.35. The van der Waals surface area contributed by atoms with Crippen molar-refractivity contribution in [1.29, 1.82) is 0 Å². The van der Waals surface area contributed by atoms with Crippen molar-refractivity contribution in [2.24, 2.45) is 4.99 Å². The molecule has 2 aromatic rings. The van der Waals surface area contributed by atoms with Gasteiger partial charge in [0, 0.05) is 35.2 Å². The van der Waals surface area contributed by atoms with Crippen molar-refractivity contribution in [2.75, 3.05) is 38.5 Å². The minimum atomic E-state index is -2.48. The van der Waals surface area contributed by atoms with Crippen LogP contribution in [0.1, 0.15) is 15.8 Å². The molecule has 1 saturated heterocycles. The van der Waals surface area contributed by atoms with Crippen molar-refractivity contribution in [2.45, 2.75) is 6.85 Å². The Hall–Kier alpha value is -1.85. The van der Waals surface area contributed by atoms with Gasteiger partial charge < -0.3 is 15.1 Å². The van der Waals surface area contributed by atoms with Crippen LogP contribution in [0.5, 0.6) is 0 Å². The summed E-state index contributed by atoms with van der Waals surface area (Å²) >= 11 is 0.871. The molecule has 1 N–H and O–H groups in total. The van der Waals surface area contributed by atoms with Gasteiger partial charge in [-0.25, -0.2) is 4.99 Å². The average molecular weight is 320 g/mol. The summed E-state index contributed by atoms with van der Waals surface area (Å²) < 4.78 is 64.7. The zero-order valence-corrected chi connectivity index (χ0v) is 12.9. The third kappa shape index (κ3) is 2.40. The topological polar surface area (TPSA) is 30.9 Å². The molecule has 1 fully saturated rings. The van der Waals surface area contributed by atoms with Crippen LogP contribution in [0.15, 0.2) is 35.2 Å². The predicted molar refractivity (Wildman–Crippen MR) is 92.0 cm³/mol. The zero-order chi connectivity index (χ0) is 22.0. The smallest absolute Gasteiger partial charge is 0.127 e. The summed E-state index contributed by atoms with van der Waals surface area (Å²) in [4.78, 5) is 8.49. The molecule has 2 aliphatic rings. The van der Waals surface area contributed by atoms with Gasteiger partial charge in [-0.15, -0.1) is 11.3 Å². The maximum Gasteiger partial charge on any atom is 0.127 e. The number of piperazine rings is 1. The van der Waals surface area contributed by atoms with Crippen molar-refractivity contribution < 1.29 is 11.0 Å². The molecule has 4 nitrogen and oxygen atoms in total. The van der Waals surface area contributed by atoms with Crippen LogP contribution in [-0.2, 0) is 0 Å². The first-order chi connectivity index (χ1) is 14.0. The fraction of sp³-hybridized carbons (Fsp3) is 0.353. The van der Waals surface area contributed by atoms with Gasteiger partial charge in [-0.05, 0) is 32.0 Å². The Kier molecular flexibility index (Phi) is 1.87. The Morgan fingerprint density at radius 3 is 2.91 bits per heavy atom. The number of nitrogens with zero attached hydrogens (tertiary/aromatic N) is 3. The third-order valence-corrected chi connectivity index (χ3v) is 4.63. The summed E-state index contributed by atoms with van der Waals surface area (Å²) in [6, 6.07) is -1.49. The van der Waals surface area contributed by atoms with Crippen molar-refractivity contribution in [1.82, 2.24) is 9.80 Å². The lowest BCUT2D eigenvalue weighted by atomic mass is 10.2. The molecule has 22 heavy (non-hydrogen) atoms. The Bertz CT molecular complexity index is 1150. The second-order valence-corrected chi connectivity index (χ2v) is 6.33.